The van der Waals surface area contributed by atoms with Crippen molar-refractivity contribution in [3.05, 3.63) is 48.0 Å². The van der Waals surface area contributed by atoms with Crippen LogP contribution in [-0.2, 0) is 0 Å². The number of benzene rings is 2. The molecule has 0 radical (unpaired) electrons. The topological polar surface area (TPSA) is 46.3 Å². The third kappa shape index (κ3) is 2.19. The maximum absolute atomic E-state index is 9.29. The Kier molecular flexibility index (Phi) is 2.75. The molecule has 2 aromatic carbocycles. The summed E-state index contributed by atoms with van der Waals surface area (Å²) in [5.74, 6) is 1.29. The predicted octanol–water partition coefficient (Wildman–Crippen LogP) is 4.32. The molecule has 0 amide bonds. The highest BCUT2D eigenvalue weighted by Gasteiger charge is 2.09. The first-order valence-electron chi connectivity index (χ1n) is 6.33. The second-order valence-electron chi connectivity index (χ2n) is 4.95. The molecule has 0 aliphatic rings. The fourth-order valence-corrected chi connectivity index (χ4v) is 2.03. The van der Waals surface area contributed by atoms with E-state index >= 15 is 0 Å². The lowest BCUT2D eigenvalue weighted by Gasteiger charge is -2.02. The molecule has 19 heavy (non-hydrogen) atoms. The SMILES string of the molecule is CC(C)c1ccc2oc(-c3ccc(O)cc3)nc2c1. The highest BCUT2D eigenvalue weighted by atomic mass is 16.3. The van der Waals surface area contributed by atoms with Crippen LogP contribution in [0.1, 0.15) is 25.3 Å². The van der Waals surface area contributed by atoms with Gasteiger partial charge in [-0.05, 0) is 47.9 Å². The van der Waals surface area contributed by atoms with Crippen molar-refractivity contribution in [3.63, 3.8) is 0 Å². The lowest BCUT2D eigenvalue weighted by atomic mass is 10.0. The second-order valence-corrected chi connectivity index (χ2v) is 4.95. The molecular weight excluding hydrogens is 238 g/mol. The Labute approximate surface area is 111 Å². The van der Waals surface area contributed by atoms with Gasteiger partial charge in [0, 0.05) is 5.56 Å². The summed E-state index contributed by atoms with van der Waals surface area (Å²) >= 11 is 0. The first-order valence-corrected chi connectivity index (χ1v) is 6.33. The number of aromatic nitrogens is 1. The fraction of sp³-hybridized carbons (Fsp3) is 0.188. The number of phenolic OH excluding ortho intramolecular Hbond substituents is 1. The molecule has 0 aliphatic heterocycles. The van der Waals surface area contributed by atoms with Crippen LogP contribution in [0.5, 0.6) is 5.75 Å². The van der Waals surface area contributed by atoms with E-state index in [4.69, 9.17) is 4.42 Å². The van der Waals surface area contributed by atoms with Crippen LogP contribution in [0.15, 0.2) is 46.9 Å². The zero-order valence-corrected chi connectivity index (χ0v) is 10.9. The van der Waals surface area contributed by atoms with Crippen molar-refractivity contribution >= 4 is 11.1 Å². The van der Waals surface area contributed by atoms with E-state index < -0.39 is 0 Å². The molecule has 3 rings (SSSR count). The first-order chi connectivity index (χ1) is 9.13. The molecule has 1 N–H and O–H groups in total. The molecule has 3 heteroatoms. The molecule has 0 saturated carbocycles. The molecule has 1 heterocycles. The summed E-state index contributed by atoms with van der Waals surface area (Å²) in [7, 11) is 0. The number of hydrogen-bond acceptors (Lipinski definition) is 3. The van der Waals surface area contributed by atoms with Gasteiger partial charge in [-0.15, -0.1) is 0 Å². The van der Waals surface area contributed by atoms with Gasteiger partial charge in [0.05, 0.1) is 0 Å². The summed E-state index contributed by atoms with van der Waals surface area (Å²) in [5, 5.41) is 9.29. The number of rotatable bonds is 2. The van der Waals surface area contributed by atoms with Gasteiger partial charge in [-0.2, -0.15) is 0 Å². The van der Waals surface area contributed by atoms with Crippen LogP contribution in [0.3, 0.4) is 0 Å². The lowest BCUT2D eigenvalue weighted by Crippen LogP contribution is -1.85. The van der Waals surface area contributed by atoms with Crippen molar-refractivity contribution in [1.82, 2.24) is 4.98 Å². The minimum atomic E-state index is 0.238. The molecule has 3 aromatic rings. The summed E-state index contributed by atoms with van der Waals surface area (Å²) < 4.78 is 5.74. The van der Waals surface area contributed by atoms with Gasteiger partial charge >= 0.3 is 0 Å². The van der Waals surface area contributed by atoms with Crippen LogP contribution in [0, 0.1) is 0 Å². The summed E-state index contributed by atoms with van der Waals surface area (Å²) in [6, 6.07) is 12.9. The van der Waals surface area contributed by atoms with E-state index in [0.29, 0.717) is 11.8 Å². The van der Waals surface area contributed by atoms with Gasteiger partial charge in [-0.1, -0.05) is 19.9 Å². The van der Waals surface area contributed by atoms with E-state index in [1.807, 2.05) is 6.07 Å². The van der Waals surface area contributed by atoms with Crippen molar-refractivity contribution in [2.75, 3.05) is 0 Å². The maximum atomic E-state index is 9.29. The van der Waals surface area contributed by atoms with Crippen molar-refractivity contribution in [1.29, 1.82) is 0 Å². The number of fused-ring (bicyclic) bond motifs is 1. The van der Waals surface area contributed by atoms with Gasteiger partial charge in [0.1, 0.15) is 11.3 Å². The molecule has 1 aromatic heterocycles. The largest absolute Gasteiger partial charge is 0.508 e. The Bertz CT molecular complexity index is 711. The van der Waals surface area contributed by atoms with Gasteiger partial charge in [-0.3, -0.25) is 0 Å². The molecule has 0 spiro atoms. The quantitative estimate of drug-likeness (QED) is 0.739. The van der Waals surface area contributed by atoms with Crippen LogP contribution in [0.25, 0.3) is 22.6 Å². The summed E-state index contributed by atoms with van der Waals surface area (Å²) in [5.41, 5.74) is 3.76. The zero-order chi connectivity index (χ0) is 13.4. The fourth-order valence-electron chi connectivity index (χ4n) is 2.03. The average molecular weight is 253 g/mol. The van der Waals surface area contributed by atoms with Gasteiger partial charge < -0.3 is 9.52 Å². The molecule has 0 atom stereocenters. The van der Waals surface area contributed by atoms with Crippen molar-refractivity contribution in [2.24, 2.45) is 0 Å². The third-order valence-corrected chi connectivity index (χ3v) is 3.19. The van der Waals surface area contributed by atoms with E-state index in [1.54, 1.807) is 24.3 Å². The molecule has 0 fully saturated rings. The first kappa shape index (κ1) is 11.8. The normalized spacial score (nSPS) is 11.3. The molecule has 0 bridgehead atoms. The van der Waals surface area contributed by atoms with E-state index in [1.165, 1.54) is 5.56 Å². The molecule has 3 nitrogen and oxygen atoms in total. The molecule has 0 aliphatic carbocycles. The van der Waals surface area contributed by atoms with Crippen LogP contribution >= 0.6 is 0 Å². The Hall–Kier alpha value is -2.29. The van der Waals surface area contributed by atoms with Gasteiger partial charge in [0.25, 0.3) is 0 Å². The minimum absolute atomic E-state index is 0.238. The monoisotopic (exact) mass is 253 g/mol. The Morgan fingerprint density at radius 2 is 1.79 bits per heavy atom. The van der Waals surface area contributed by atoms with Gasteiger partial charge in [-0.25, -0.2) is 4.98 Å². The zero-order valence-electron chi connectivity index (χ0n) is 10.9. The number of phenols is 1. The van der Waals surface area contributed by atoms with Crippen LogP contribution in [0.2, 0.25) is 0 Å². The van der Waals surface area contributed by atoms with Gasteiger partial charge in [0.15, 0.2) is 5.58 Å². The molecule has 0 unspecified atom stereocenters. The Morgan fingerprint density at radius 1 is 1.05 bits per heavy atom. The Morgan fingerprint density at radius 3 is 2.47 bits per heavy atom. The standard InChI is InChI=1S/C16H15NO2/c1-10(2)12-5-8-15-14(9-12)17-16(19-15)11-3-6-13(18)7-4-11/h3-10,18H,1-2H3. The molecule has 96 valence electrons. The van der Waals surface area contributed by atoms with Crippen LogP contribution in [0.4, 0.5) is 0 Å². The van der Waals surface area contributed by atoms with Crippen molar-refractivity contribution in [3.8, 4) is 17.2 Å². The van der Waals surface area contributed by atoms with E-state index in [-0.39, 0.29) is 5.75 Å². The average Bonchev–Trinajstić information content (AvgIpc) is 2.82. The van der Waals surface area contributed by atoms with Crippen LogP contribution in [-0.4, -0.2) is 10.1 Å². The highest BCUT2D eigenvalue weighted by molar-refractivity contribution is 5.77. The van der Waals surface area contributed by atoms with E-state index in [0.717, 1.165) is 16.7 Å². The smallest absolute Gasteiger partial charge is 0.227 e. The van der Waals surface area contributed by atoms with Gasteiger partial charge in [0.2, 0.25) is 5.89 Å². The number of nitrogens with zero attached hydrogens (tertiary/aromatic N) is 1. The number of oxazole rings is 1. The number of hydrogen-bond donors (Lipinski definition) is 1. The third-order valence-electron chi connectivity index (χ3n) is 3.19. The highest BCUT2D eigenvalue weighted by Crippen LogP contribution is 2.27. The molecule has 0 saturated heterocycles. The summed E-state index contributed by atoms with van der Waals surface area (Å²) in [4.78, 5) is 4.51. The predicted molar refractivity (Wildman–Crippen MR) is 75.2 cm³/mol. The second kappa shape index (κ2) is 4.43. The summed E-state index contributed by atoms with van der Waals surface area (Å²) in [6.45, 7) is 4.31. The van der Waals surface area contributed by atoms with Crippen molar-refractivity contribution < 1.29 is 9.52 Å². The van der Waals surface area contributed by atoms with Crippen molar-refractivity contribution in [2.45, 2.75) is 19.8 Å². The maximum Gasteiger partial charge on any atom is 0.227 e. The minimum Gasteiger partial charge on any atom is -0.508 e. The Balaban J connectivity index is 2.08. The van der Waals surface area contributed by atoms with E-state index in [9.17, 15) is 5.11 Å². The summed E-state index contributed by atoms with van der Waals surface area (Å²) in [6.07, 6.45) is 0. The molecular formula is C16H15NO2. The lowest BCUT2D eigenvalue weighted by molar-refractivity contribution is 0.475. The number of aromatic hydroxyl groups is 1. The van der Waals surface area contributed by atoms with E-state index in [2.05, 4.69) is 31.0 Å². The van der Waals surface area contributed by atoms with Crippen LogP contribution < -0.4 is 0 Å².